The molecule has 0 saturated carbocycles. The van der Waals surface area contributed by atoms with E-state index in [2.05, 4.69) is 23.6 Å². The van der Waals surface area contributed by atoms with Crippen molar-refractivity contribution in [2.45, 2.75) is 39.4 Å². The molecule has 1 N–H and O–H groups in total. The number of hydrogen-bond acceptors (Lipinski definition) is 6. The largest absolute Gasteiger partial charge is 0.481 e. The molecular formula is C20H26N4O3. The summed E-state index contributed by atoms with van der Waals surface area (Å²) in [6.45, 7) is 8.53. The highest BCUT2D eigenvalue weighted by atomic mass is 16.5. The molecule has 3 atom stereocenters. The predicted molar refractivity (Wildman–Crippen MR) is 104 cm³/mol. The number of para-hydroxylation sites is 2. The van der Waals surface area contributed by atoms with Crippen LogP contribution in [-0.2, 0) is 9.53 Å². The van der Waals surface area contributed by atoms with E-state index in [0.29, 0.717) is 19.5 Å². The van der Waals surface area contributed by atoms with Gasteiger partial charge < -0.3 is 19.6 Å². The highest BCUT2D eigenvalue weighted by Crippen LogP contribution is 2.37. The van der Waals surface area contributed by atoms with E-state index in [0.717, 1.165) is 35.8 Å². The van der Waals surface area contributed by atoms with E-state index in [1.165, 1.54) is 0 Å². The molecule has 0 amide bonds. The van der Waals surface area contributed by atoms with E-state index in [-0.39, 0.29) is 12.2 Å². The summed E-state index contributed by atoms with van der Waals surface area (Å²) >= 11 is 0. The smallest absolute Gasteiger partial charge is 0.311 e. The molecule has 0 bridgehead atoms. The quantitative estimate of drug-likeness (QED) is 0.889. The number of aromatic nitrogens is 2. The second kappa shape index (κ2) is 6.64. The Morgan fingerprint density at radius 2 is 1.67 bits per heavy atom. The second-order valence-electron chi connectivity index (χ2n) is 8.06. The maximum atomic E-state index is 11.7. The van der Waals surface area contributed by atoms with Crippen LogP contribution >= 0.6 is 0 Å². The maximum Gasteiger partial charge on any atom is 0.311 e. The van der Waals surface area contributed by atoms with Gasteiger partial charge in [-0.25, -0.2) is 9.97 Å². The van der Waals surface area contributed by atoms with Crippen molar-refractivity contribution in [3.05, 3.63) is 24.3 Å². The first-order valence-corrected chi connectivity index (χ1v) is 9.51. The van der Waals surface area contributed by atoms with Crippen LogP contribution in [0.15, 0.2) is 24.3 Å². The van der Waals surface area contributed by atoms with Crippen LogP contribution in [0.1, 0.15) is 27.2 Å². The first kappa shape index (κ1) is 18.0. The van der Waals surface area contributed by atoms with Crippen molar-refractivity contribution >= 4 is 28.6 Å². The first-order chi connectivity index (χ1) is 12.9. The van der Waals surface area contributed by atoms with Crippen LogP contribution in [-0.4, -0.2) is 59.4 Å². The Morgan fingerprint density at radius 1 is 1.11 bits per heavy atom. The Balaban J connectivity index is 1.77. The number of anilines is 2. The van der Waals surface area contributed by atoms with Gasteiger partial charge in [0.25, 0.3) is 0 Å². The minimum atomic E-state index is -0.756. The molecule has 27 heavy (non-hydrogen) atoms. The summed E-state index contributed by atoms with van der Waals surface area (Å²) in [5, 5.41) is 9.61. The third kappa shape index (κ3) is 3.32. The Kier molecular flexibility index (Phi) is 4.42. The molecule has 0 spiro atoms. The van der Waals surface area contributed by atoms with Gasteiger partial charge in [-0.1, -0.05) is 12.1 Å². The summed E-state index contributed by atoms with van der Waals surface area (Å²) in [5.41, 5.74) is 0.925. The number of aliphatic carboxylic acids is 1. The number of benzene rings is 1. The fraction of sp³-hybridized carbons (Fsp3) is 0.550. The normalized spacial score (nSPS) is 28.7. The molecule has 4 rings (SSSR count). The Labute approximate surface area is 159 Å². The number of rotatable bonds is 3. The third-order valence-corrected chi connectivity index (χ3v) is 5.54. The summed E-state index contributed by atoms with van der Waals surface area (Å²) in [6.07, 6.45) is 0.821. The molecule has 2 aromatic rings. The lowest BCUT2D eigenvalue weighted by Crippen LogP contribution is -2.46. The van der Waals surface area contributed by atoms with Crippen molar-refractivity contribution in [1.29, 1.82) is 0 Å². The molecule has 2 fully saturated rings. The minimum absolute atomic E-state index is 0.109. The lowest BCUT2D eigenvalue weighted by molar-refractivity contribution is -0.146. The van der Waals surface area contributed by atoms with Crippen molar-refractivity contribution in [3.63, 3.8) is 0 Å². The van der Waals surface area contributed by atoms with Gasteiger partial charge in [-0.3, -0.25) is 4.79 Å². The molecule has 0 aliphatic carbocycles. The average molecular weight is 370 g/mol. The first-order valence-electron chi connectivity index (χ1n) is 9.51. The molecule has 3 unspecified atom stereocenters. The van der Waals surface area contributed by atoms with Gasteiger partial charge in [0.1, 0.15) is 0 Å². The summed E-state index contributed by atoms with van der Waals surface area (Å²) in [5.74, 6) is 0.847. The zero-order chi connectivity index (χ0) is 19.2. The van der Waals surface area contributed by atoms with Gasteiger partial charge in [0.15, 0.2) is 11.6 Å². The van der Waals surface area contributed by atoms with Crippen LogP contribution < -0.4 is 9.80 Å². The summed E-state index contributed by atoms with van der Waals surface area (Å²) < 4.78 is 5.87. The van der Waals surface area contributed by atoms with Crippen molar-refractivity contribution in [2.24, 2.45) is 5.41 Å². The van der Waals surface area contributed by atoms with Gasteiger partial charge in [-0.15, -0.1) is 0 Å². The van der Waals surface area contributed by atoms with E-state index >= 15 is 0 Å². The van der Waals surface area contributed by atoms with Crippen molar-refractivity contribution in [1.82, 2.24) is 9.97 Å². The standard InChI is InChI=1S/C20H26N4O3/c1-13-10-24(11-14(2)27-13)18-17(21-15-6-4-5-7-16(15)22-18)23-9-8-20(3,12-23)19(25)26/h4-7,13-14H,8-12H2,1-3H3,(H,25,26). The summed E-state index contributed by atoms with van der Waals surface area (Å²) in [7, 11) is 0. The second-order valence-corrected chi connectivity index (χ2v) is 8.06. The van der Waals surface area contributed by atoms with Gasteiger partial charge in [-0.05, 0) is 39.3 Å². The van der Waals surface area contributed by atoms with Gasteiger partial charge in [-0.2, -0.15) is 0 Å². The van der Waals surface area contributed by atoms with Gasteiger partial charge in [0.2, 0.25) is 0 Å². The highest BCUT2D eigenvalue weighted by molar-refractivity contribution is 5.82. The SMILES string of the molecule is CC1CN(c2nc3ccccc3nc2N2CCC(C)(C(=O)O)C2)CC(C)O1. The number of fused-ring (bicyclic) bond motifs is 1. The van der Waals surface area contributed by atoms with Gasteiger partial charge in [0.05, 0.1) is 28.7 Å². The molecule has 2 saturated heterocycles. The lowest BCUT2D eigenvalue weighted by Gasteiger charge is -2.37. The van der Waals surface area contributed by atoms with Crippen LogP contribution in [0.3, 0.4) is 0 Å². The van der Waals surface area contributed by atoms with Gasteiger partial charge in [0, 0.05) is 26.2 Å². The molecule has 2 aliphatic heterocycles. The molecule has 7 nitrogen and oxygen atoms in total. The molecule has 144 valence electrons. The van der Waals surface area contributed by atoms with E-state index in [1.54, 1.807) is 0 Å². The number of carboxylic acids is 1. The summed E-state index contributed by atoms with van der Waals surface area (Å²) in [6, 6.07) is 7.83. The monoisotopic (exact) mass is 370 g/mol. The Bertz CT molecular complexity index is 863. The fourth-order valence-electron chi connectivity index (χ4n) is 4.07. The van der Waals surface area contributed by atoms with E-state index in [1.807, 2.05) is 31.2 Å². The average Bonchev–Trinajstić information content (AvgIpc) is 3.03. The van der Waals surface area contributed by atoms with Crippen molar-refractivity contribution in [2.75, 3.05) is 36.0 Å². The molecule has 1 aromatic carbocycles. The topological polar surface area (TPSA) is 78.8 Å². The Morgan fingerprint density at radius 3 is 2.19 bits per heavy atom. The number of hydrogen-bond donors (Lipinski definition) is 1. The molecule has 3 heterocycles. The number of carbonyl (C=O) groups is 1. The number of ether oxygens (including phenoxy) is 1. The van der Waals surface area contributed by atoms with Crippen molar-refractivity contribution < 1.29 is 14.6 Å². The van der Waals surface area contributed by atoms with Crippen LogP contribution in [0.25, 0.3) is 11.0 Å². The minimum Gasteiger partial charge on any atom is -0.481 e. The molecule has 0 radical (unpaired) electrons. The van der Waals surface area contributed by atoms with Crippen LogP contribution in [0.2, 0.25) is 0 Å². The predicted octanol–water partition coefficient (Wildman–Crippen LogP) is 2.54. The number of carboxylic acid groups (broad SMARTS) is 1. The van der Waals surface area contributed by atoms with Gasteiger partial charge >= 0.3 is 5.97 Å². The molecular weight excluding hydrogens is 344 g/mol. The zero-order valence-electron chi connectivity index (χ0n) is 16.1. The van der Waals surface area contributed by atoms with E-state index in [9.17, 15) is 9.90 Å². The van der Waals surface area contributed by atoms with E-state index in [4.69, 9.17) is 14.7 Å². The highest BCUT2D eigenvalue weighted by Gasteiger charge is 2.42. The molecule has 7 heteroatoms. The van der Waals surface area contributed by atoms with Crippen LogP contribution in [0.5, 0.6) is 0 Å². The number of morpholine rings is 1. The lowest BCUT2D eigenvalue weighted by atomic mass is 9.90. The Hall–Kier alpha value is -2.41. The van der Waals surface area contributed by atoms with Crippen LogP contribution in [0.4, 0.5) is 11.6 Å². The van der Waals surface area contributed by atoms with Crippen LogP contribution in [0, 0.1) is 5.41 Å². The maximum absolute atomic E-state index is 11.7. The fourth-order valence-corrected chi connectivity index (χ4v) is 4.07. The molecule has 1 aromatic heterocycles. The van der Waals surface area contributed by atoms with Crippen molar-refractivity contribution in [3.8, 4) is 0 Å². The molecule has 2 aliphatic rings. The number of nitrogens with zero attached hydrogens (tertiary/aromatic N) is 4. The zero-order valence-corrected chi connectivity index (χ0v) is 16.1. The van der Waals surface area contributed by atoms with E-state index < -0.39 is 11.4 Å². The summed E-state index contributed by atoms with van der Waals surface area (Å²) in [4.78, 5) is 25.8. The third-order valence-electron chi connectivity index (χ3n) is 5.54.